The number of hydrogen-bond acceptors (Lipinski definition) is 3. The summed E-state index contributed by atoms with van der Waals surface area (Å²) in [4.78, 5) is 22.3. The predicted molar refractivity (Wildman–Crippen MR) is 79.5 cm³/mol. The summed E-state index contributed by atoms with van der Waals surface area (Å²) in [5, 5.41) is 14.5. The molecule has 0 fully saturated rings. The first kappa shape index (κ1) is 15.9. The lowest BCUT2D eigenvalue weighted by molar-refractivity contribution is -0.131. The Hall–Kier alpha value is -2.14. The molecule has 0 bridgehead atoms. The molecule has 1 amide bonds. The highest BCUT2D eigenvalue weighted by atomic mass is 16.4. The van der Waals surface area contributed by atoms with Crippen LogP contribution >= 0.6 is 0 Å². The molecule has 20 heavy (non-hydrogen) atoms. The lowest BCUT2D eigenvalue weighted by Crippen LogP contribution is -2.30. The SMILES string of the molecule is CCNC(C)CC(=O)Nc1cccc(/C=C/C(=O)O)c1. The molecule has 108 valence electrons. The molecular formula is C15H20N2O3. The summed E-state index contributed by atoms with van der Waals surface area (Å²) in [7, 11) is 0. The van der Waals surface area contributed by atoms with Crippen molar-refractivity contribution in [3.8, 4) is 0 Å². The van der Waals surface area contributed by atoms with Crippen molar-refractivity contribution in [1.82, 2.24) is 5.32 Å². The molecule has 1 aromatic carbocycles. The van der Waals surface area contributed by atoms with E-state index in [1.807, 2.05) is 13.8 Å². The molecule has 1 unspecified atom stereocenters. The molecule has 0 aliphatic rings. The standard InChI is InChI=1S/C15H20N2O3/c1-3-16-11(2)9-14(18)17-13-6-4-5-12(10-13)7-8-15(19)20/h4-8,10-11,16H,3,9H2,1-2H3,(H,17,18)(H,19,20)/b8-7+. The Morgan fingerprint density at radius 1 is 1.40 bits per heavy atom. The zero-order chi connectivity index (χ0) is 15.0. The minimum absolute atomic E-state index is 0.0715. The summed E-state index contributed by atoms with van der Waals surface area (Å²) in [6.07, 6.45) is 2.94. The van der Waals surface area contributed by atoms with E-state index in [1.165, 1.54) is 6.08 Å². The average Bonchev–Trinajstić information content (AvgIpc) is 2.36. The van der Waals surface area contributed by atoms with Gasteiger partial charge >= 0.3 is 5.97 Å². The number of anilines is 1. The van der Waals surface area contributed by atoms with Crippen molar-refractivity contribution < 1.29 is 14.7 Å². The molecule has 0 aromatic heterocycles. The first-order valence-corrected chi connectivity index (χ1v) is 6.55. The van der Waals surface area contributed by atoms with Gasteiger partial charge in [-0.2, -0.15) is 0 Å². The van der Waals surface area contributed by atoms with Crippen molar-refractivity contribution in [2.75, 3.05) is 11.9 Å². The quantitative estimate of drug-likeness (QED) is 0.666. The third kappa shape index (κ3) is 6.15. The highest BCUT2D eigenvalue weighted by molar-refractivity contribution is 5.91. The Kier molecular flexibility index (Phi) is 6.46. The zero-order valence-corrected chi connectivity index (χ0v) is 11.7. The van der Waals surface area contributed by atoms with Gasteiger partial charge in [-0.25, -0.2) is 4.79 Å². The van der Waals surface area contributed by atoms with Crippen LogP contribution in [0.2, 0.25) is 0 Å². The number of benzene rings is 1. The summed E-state index contributed by atoms with van der Waals surface area (Å²) in [6, 6.07) is 7.17. The molecule has 1 aromatic rings. The van der Waals surface area contributed by atoms with Gasteiger partial charge in [0.2, 0.25) is 5.91 Å². The number of carboxylic acids is 1. The summed E-state index contributed by atoms with van der Waals surface area (Å²) in [5.41, 5.74) is 1.39. The molecule has 3 N–H and O–H groups in total. The lowest BCUT2D eigenvalue weighted by Gasteiger charge is -2.12. The summed E-state index contributed by atoms with van der Waals surface area (Å²) in [5.74, 6) is -1.07. The van der Waals surface area contributed by atoms with Crippen LogP contribution in [0.1, 0.15) is 25.8 Å². The first-order valence-electron chi connectivity index (χ1n) is 6.55. The van der Waals surface area contributed by atoms with Crippen LogP contribution in [-0.2, 0) is 9.59 Å². The third-order valence-corrected chi connectivity index (χ3v) is 2.63. The van der Waals surface area contributed by atoms with Gasteiger partial charge in [-0.3, -0.25) is 4.79 Å². The minimum Gasteiger partial charge on any atom is -0.478 e. The minimum atomic E-state index is -1.00. The molecule has 1 atom stereocenters. The fourth-order valence-corrected chi connectivity index (χ4v) is 1.80. The number of amides is 1. The number of carbonyl (C=O) groups is 2. The van der Waals surface area contributed by atoms with Gasteiger partial charge in [0.1, 0.15) is 0 Å². The highest BCUT2D eigenvalue weighted by Crippen LogP contribution is 2.12. The summed E-state index contributed by atoms with van der Waals surface area (Å²) >= 11 is 0. The Bertz CT molecular complexity index is 498. The molecule has 0 radical (unpaired) electrons. The van der Waals surface area contributed by atoms with E-state index in [0.717, 1.165) is 18.2 Å². The second-order valence-electron chi connectivity index (χ2n) is 4.51. The van der Waals surface area contributed by atoms with Crippen molar-refractivity contribution in [2.24, 2.45) is 0 Å². The lowest BCUT2D eigenvalue weighted by atomic mass is 10.1. The van der Waals surface area contributed by atoms with Crippen molar-refractivity contribution >= 4 is 23.6 Å². The monoisotopic (exact) mass is 276 g/mol. The fraction of sp³-hybridized carbons (Fsp3) is 0.333. The Balaban J connectivity index is 2.61. The maximum Gasteiger partial charge on any atom is 0.328 e. The molecule has 1 rings (SSSR count). The van der Waals surface area contributed by atoms with Crippen molar-refractivity contribution in [3.05, 3.63) is 35.9 Å². The molecule has 5 heteroatoms. The van der Waals surface area contributed by atoms with E-state index in [-0.39, 0.29) is 11.9 Å². The van der Waals surface area contributed by atoms with Gasteiger partial charge in [-0.1, -0.05) is 19.1 Å². The van der Waals surface area contributed by atoms with Crippen molar-refractivity contribution in [2.45, 2.75) is 26.3 Å². The van der Waals surface area contributed by atoms with Gasteiger partial charge in [0.15, 0.2) is 0 Å². The number of carboxylic acid groups (broad SMARTS) is 1. The second-order valence-corrected chi connectivity index (χ2v) is 4.51. The molecule has 0 aliphatic carbocycles. The molecule has 5 nitrogen and oxygen atoms in total. The van der Waals surface area contributed by atoms with Gasteiger partial charge < -0.3 is 15.7 Å². The molecule has 0 spiro atoms. The van der Waals surface area contributed by atoms with E-state index in [1.54, 1.807) is 24.3 Å². The number of hydrogen-bond donors (Lipinski definition) is 3. The van der Waals surface area contributed by atoms with E-state index in [9.17, 15) is 9.59 Å². The van der Waals surface area contributed by atoms with Gasteiger partial charge in [0, 0.05) is 24.2 Å². The molecule has 0 aliphatic heterocycles. The number of carbonyl (C=O) groups excluding carboxylic acids is 1. The van der Waals surface area contributed by atoms with Crippen LogP contribution in [0.3, 0.4) is 0 Å². The van der Waals surface area contributed by atoms with Crippen LogP contribution in [0.5, 0.6) is 0 Å². The molecule has 0 saturated heterocycles. The topological polar surface area (TPSA) is 78.4 Å². The van der Waals surface area contributed by atoms with E-state index < -0.39 is 5.97 Å². The second kappa shape index (κ2) is 8.12. The molecule has 0 heterocycles. The van der Waals surface area contributed by atoms with E-state index in [2.05, 4.69) is 10.6 Å². The smallest absolute Gasteiger partial charge is 0.328 e. The van der Waals surface area contributed by atoms with Crippen LogP contribution in [-0.4, -0.2) is 29.6 Å². The van der Waals surface area contributed by atoms with Crippen LogP contribution in [0.25, 0.3) is 6.08 Å². The highest BCUT2D eigenvalue weighted by Gasteiger charge is 2.08. The summed E-state index contributed by atoms with van der Waals surface area (Å²) in [6.45, 7) is 4.77. The number of nitrogens with one attached hydrogen (secondary N) is 2. The van der Waals surface area contributed by atoms with Gasteiger partial charge in [-0.05, 0) is 37.2 Å². The first-order chi connectivity index (χ1) is 9.51. The van der Waals surface area contributed by atoms with Gasteiger partial charge in [0.05, 0.1) is 0 Å². The van der Waals surface area contributed by atoms with Crippen LogP contribution in [0.4, 0.5) is 5.69 Å². The number of aliphatic carboxylic acids is 1. The van der Waals surface area contributed by atoms with E-state index >= 15 is 0 Å². The maximum absolute atomic E-state index is 11.8. The van der Waals surface area contributed by atoms with Crippen molar-refractivity contribution in [3.63, 3.8) is 0 Å². The molecular weight excluding hydrogens is 256 g/mol. The predicted octanol–water partition coefficient (Wildman–Crippen LogP) is 2.11. The van der Waals surface area contributed by atoms with Crippen LogP contribution < -0.4 is 10.6 Å². The van der Waals surface area contributed by atoms with Gasteiger partial charge in [0.25, 0.3) is 0 Å². The van der Waals surface area contributed by atoms with Crippen molar-refractivity contribution in [1.29, 1.82) is 0 Å². The van der Waals surface area contributed by atoms with E-state index in [0.29, 0.717) is 12.1 Å². The molecule has 0 saturated carbocycles. The van der Waals surface area contributed by atoms with E-state index in [4.69, 9.17) is 5.11 Å². The third-order valence-electron chi connectivity index (χ3n) is 2.63. The van der Waals surface area contributed by atoms with Crippen LogP contribution in [0.15, 0.2) is 30.3 Å². The number of rotatable bonds is 7. The normalized spacial score (nSPS) is 12.3. The maximum atomic E-state index is 11.8. The largest absolute Gasteiger partial charge is 0.478 e. The fourth-order valence-electron chi connectivity index (χ4n) is 1.80. The summed E-state index contributed by atoms with van der Waals surface area (Å²) < 4.78 is 0. The zero-order valence-electron chi connectivity index (χ0n) is 11.7. The Labute approximate surface area is 118 Å². The Morgan fingerprint density at radius 3 is 2.80 bits per heavy atom. The average molecular weight is 276 g/mol. The Morgan fingerprint density at radius 2 is 2.15 bits per heavy atom. The van der Waals surface area contributed by atoms with Gasteiger partial charge in [-0.15, -0.1) is 0 Å². The van der Waals surface area contributed by atoms with Crippen LogP contribution in [0, 0.1) is 0 Å².